The second-order valence-electron chi connectivity index (χ2n) is 7.56. The van der Waals surface area contributed by atoms with Crippen LogP contribution in [0.15, 0.2) is 41.4 Å². The summed E-state index contributed by atoms with van der Waals surface area (Å²) >= 11 is 0. The van der Waals surface area contributed by atoms with Crippen molar-refractivity contribution in [1.82, 2.24) is 10.6 Å². The number of benzene rings is 2. The van der Waals surface area contributed by atoms with Crippen LogP contribution in [0, 0.1) is 11.6 Å². The number of carbonyl (C=O) groups excluding carboxylic acids is 1. The van der Waals surface area contributed by atoms with E-state index in [-0.39, 0.29) is 41.6 Å². The highest BCUT2D eigenvalue weighted by Gasteiger charge is 2.27. The van der Waals surface area contributed by atoms with Crippen LogP contribution in [-0.2, 0) is 11.3 Å². The lowest BCUT2D eigenvalue weighted by Crippen LogP contribution is -2.44. The molecule has 0 radical (unpaired) electrons. The van der Waals surface area contributed by atoms with Crippen molar-refractivity contribution in [3.63, 3.8) is 0 Å². The minimum Gasteiger partial charge on any atom is -0.495 e. The molecule has 1 atom stereocenters. The van der Waals surface area contributed by atoms with Gasteiger partial charge >= 0.3 is 0 Å². The number of rotatable bonds is 7. The van der Waals surface area contributed by atoms with Gasteiger partial charge < -0.3 is 25.6 Å². The van der Waals surface area contributed by atoms with Crippen LogP contribution in [0.3, 0.4) is 0 Å². The number of nitrogens with zero attached hydrogens (tertiary/aromatic N) is 2. The Morgan fingerprint density at radius 2 is 1.97 bits per heavy atom. The molecule has 0 saturated carbocycles. The van der Waals surface area contributed by atoms with Gasteiger partial charge in [0.2, 0.25) is 5.91 Å². The summed E-state index contributed by atoms with van der Waals surface area (Å²) in [6, 6.07) is 9.41. The molecule has 3 rings (SSSR count). The van der Waals surface area contributed by atoms with Gasteiger partial charge in [-0.3, -0.25) is 4.79 Å². The molecular weight excluding hydrogens is 543 g/mol. The van der Waals surface area contributed by atoms with Crippen molar-refractivity contribution in [3.8, 4) is 5.75 Å². The summed E-state index contributed by atoms with van der Waals surface area (Å²) in [6.07, 6.45) is 0.730. The number of para-hydroxylation sites is 1. The van der Waals surface area contributed by atoms with Crippen molar-refractivity contribution in [2.24, 2.45) is 4.99 Å². The van der Waals surface area contributed by atoms with Crippen molar-refractivity contribution in [2.75, 3.05) is 37.0 Å². The molecule has 0 aliphatic carbocycles. The van der Waals surface area contributed by atoms with E-state index in [9.17, 15) is 13.6 Å². The van der Waals surface area contributed by atoms with Crippen LogP contribution < -0.4 is 25.6 Å². The number of amides is 1. The summed E-state index contributed by atoms with van der Waals surface area (Å²) in [5.74, 6) is -0.105. The lowest BCUT2D eigenvalue weighted by Gasteiger charge is -2.21. The molecule has 1 unspecified atom stereocenters. The van der Waals surface area contributed by atoms with E-state index < -0.39 is 11.6 Å². The predicted octanol–water partition coefficient (Wildman–Crippen LogP) is 3.88. The van der Waals surface area contributed by atoms with E-state index in [1.165, 1.54) is 25.1 Å². The molecule has 2 aromatic carbocycles. The second kappa shape index (κ2) is 12.6. The number of hydrogen-bond donors (Lipinski definition) is 3. The molecule has 10 heteroatoms. The molecule has 33 heavy (non-hydrogen) atoms. The fourth-order valence-electron chi connectivity index (χ4n) is 3.70. The van der Waals surface area contributed by atoms with Crippen LogP contribution in [0.5, 0.6) is 5.75 Å². The lowest BCUT2D eigenvalue weighted by molar-refractivity contribution is -0.114. The van der Waals surface area contributed by atoms with Crippen molar-refractivity contribution in [2.45, 2.75) is 32.9 Å². The zero-order chi connectivity index (χ0) is 23.1. The molecule has 1 amide bonds. The summed E-state index contributed by atoms with van der Waals surface area (Å²) < 4.78 is 33.5. The van der Waals surface area contributed by atoms with Crippen molar-refractivity contribution in [3.05, 3.63) is 53.6 Å². The number of anilines is 2. The third-order valence-corrected chi connectivity index (χ3v) is 5.12. The van der Waals surface area contributed by atoms with Crippen LogP contribution in [0.25, 0.3) is 0 Å². The number of ether oxygens (including phenoxy) is 1. The zero-order valence-corrected chi connectivity index (χ0v) is 21.3. The Bertz CT molecular complexity index is 969. The Morgan fingerprint density at radius 3 is 2.61 bits per heavy atom. The molecule has 0 aromatic heterocycles. The number of halogens is 3. The summed E-state index contributed by atoms with van der Waals surface area (Å²) in [5, 5.41) is 9.31. The van der Waals surface area contributed by atoms with Crippen LogP contribution >= 0.6 is 24.0 Å². The Morgan fingerprint density at radius 1 is 1.24 bits per heavy atom. The standard InChI is InChI=1S/C23H29F2N5O2.HI/c1-4-26-23(27-13-16-8-9-21(32-3)20(12-16)28-15(2)31)29-17-10-11-30(14-17)22-18(24)6-5-7-19(22)25;/h5-9,12,17H,4,10-11,13-14H2,1-3H3,(H,28,31)(H2,26,27,29);1H. The smallest absolute Gasteiger partial charge is 0.221 e. The summed E-state index contributed by atoms with van der Waals surface area (Å²) in [7, 11) is 1.55. The number of methoxy groups -OCH3 is 1. The average molecular weight is 573 g/mol. The number of guanidine groups is 1. The van der Waals surface area contributed by atoms with Gasteiger partial charge in [0.15, 0.2) is 5.96 Å². The normalized spacial score (nSPS) is 15.6. The molecular formula is C23H30F2IN5O2. The van der Waals surface area contributed by atoms with Gasteiger partial charge in [0.25, 0.3) is 0 Å². The Balaban J connectivity index is 0.00000385. The van der Waals surface area contributed by atoms with E-state index in [1.54, 1.807) is 18.1 Å². The fraction of sp³-hybridized carbons (Fsp3) is 0.391. The lowest BCUT2D eigenvalue weighted by atomic mass is 10.2. The monoisotopic (exact) mass is 573 g/mol. The van der Waals surface area contributed by atoms with Gasteiger partial charge in [-0.05, 0) is 43.2 Å². The first-order chi connectivity index (χ1) is 15.4. The van der Waals surface area contributed by atoms with Gasteiger partial charge in [0.1, 0.15) is 23.1 Å². The summed E-state index contributed by atoms with van der Waals surface area (Å²) in [4.78, 5) is 17.8. The minimum absolute atomic E-state index is 0. The van der Waals surface area contributed by atoms with Crippen LogP contribution in [-0.4, -0.2) is 44.7 Å². The molecule has 1 saturated heterocycles. The molecule has 1 aliphatic rings. The highest BCUT2D eigenvalue weighted by molar-refractivity contribution is 14.0. The van der Waals surface area contributed by atoms with Gasteiger partial charge in [-0.25, -0.2) is 13.8 Å². The third-order valence-electron chi connectivity index (χ3n) is 5.12. The minimum atomic E-state index is -0.555. The largest absolute Gasteiger partial charge is 0.495 e. The van der Waals surface area contributed by atoms with Crippen molar-refractivity contribution in [1.29, 1.82) is 0 Å². The van der Waals surface area contributed by atoms with Crippen molar-refractivity contribution >= 4 is 47.2 Å². The van der Waals surface area contributed by atoms with Gasteiger partial charge in [-0.1, -0.05) is 12.1 Å². The van der Waals surface area contributed by atoms with Gasteiger partial charge in [0.05, 0.1) is 19.3 Å². The SMILES string of the molecule is CCNC(=NCc1ccc(OC)c(NC(C)=O)c1)NC1CCN(c2c(F)cccc2F)C1.I. The summed E-state index contributed by atoms with van der Waals surface area (Å²) in [6.45, 7) is 5.48. The molecule has 0 spiro atoms. The molecule has 2 aromatic rings. The summed E-state index contributed by atoms with van der Waals surface area (Å²) in [5.41, 5.74) is 1.50. The number of hydrogen-bond acceptors (Lipinski definition) is 4. The van der Waals surface area contributed by atoms with Gasteiger partial charge in [-0.2, -0.15) is 0 Å². The quantitative estimate of drug-likeness (QED) is 0.266. The maximum Gasteiger partial charge on any atom is 0.221 e. The Hall–Kier alpha value is -2.63. The highest BCUT2D eigenvalue weighted by atomic mass is 127. The van der Waals surface area contributed by atoms with Gasteiger partial charge in [-0.15, -0.1) is 24.0 Å². The molecule has 180 valence electrons. The average Bonchev–Trinajstić information content (AvgIpc) is 3.20. The molecule has 1 fully saturated rings. The van der Waals surface area contributed by atoms with Crippen LogP contribution in [0.2, 0.25) is 0 Å². The van der Waals surface area contributed by atoms with Gasteiger partial charge in [0, 0.05) is 32.6 Å². The number of nitrogens with one attached hydrogen (secondary N) is 3. The fourth-order valence-corrected chi connectivity index (χ4v) is 3.70. The Labute approximate surface area is 210 Å². The maximum absolute atomic E-state index is 14.1. The van der Waals surface area contributed by atoms with Crippen LogP contribution in [0.4, 0.5) is 20.2 Å². The predicted molar refractivity (Wildman–Crippen MR) is 138 cm³/mol. The first-order valence-electron chi connectivity index (χ1n) is 10.6. The van der Waals surface area contributed by atoms with Crippen molar-refractivity contribution < 1.29 is 18.3 Å². The van der Waals surface area contributed by atoms with E-state index in [2.05, 4.69) is 20.9 Å². The highest BCUT2D eigenvalue weighted by Crippen LogP contribution is 2.27. The molecule has 7 nitrogen and oxygen atoms in total. The Kier molecular flexibility index (Phi) is 10.1. The topological polar surface area (TPSA) is 78.0 Å². The maximum atomic E-state index is 14.1. The van der Waals surface area contributed by atoms with E-state index in [1.807, 2.05) is 19.1 Å². The van der Waals surface area contributed by atoms with E-state index in [4.69, 9.17) is 4.74 Å². The molecule has 1 aliphatic heterocycles. The second-order valence-corrected chi connectivity index (χ2v) is 7.56. The molecule has 1 heterocycles. The third kappa shape index (κ3) is 7.18. The number of carbonyl (C=O) groups is 1. The first kappa shape index (κ1) is 26.6. The molecule has 3 N–H and O–H groups in total. The van der Waals surface area contributed by atoms with E-state index in [0.29, 0.717) is 43.6 Å². The zero-order valence-electron chi connectivity index (χ0n) is 19.0. The van der Waals surface area contributed by atoms with Crippen LogP contribution in [0.1, 0.15) is 25.8 Å². The van der Waals surface area contributed by atoms with E-state index in [0.717, 1.165) is 12.0 Å². The first-order valence-corrected chi connectivity index (χ1v) is 10.6. The van der Waals surface area contributed by atoms with E-state index >= 15 is 0 Å². The molecule has 0 bridgehead atoms. The number of aliphatic imine (C=N–C) groups is 1.